The zero-order chi connectivity index (χ0) is 13.8. The molecule has 0 unspecified atom stereocenters. The molecule has 100 valence electrons. The fraction of sp³-hybridized carbons (Fsp3) is 0.267. The van der Waals surface area contributed by atoms with Gasteiger partial charge in [-0.2, -0.15) is 0 Å². The molecule has 19 heavy (non-hydrogen) atoms. The molecule has 0 bridgehead atoms. The molecule has 0 atom stereocenters. The lowest BCUT2D eigenvalue weighted by Crippen LogP contribution is -2.21. The first-order valence-corrected chi connectivity index (χ1v) is 7.03. The van der Waals surface area contributed by atoms with Gasteiger partial charge in [0.2, 0.25) is 0 Å². The van der Waals surface area contributed by atoms with Crippen LogP contribution in [0.3, 0.4) is 0 Å². The molecule has 2 N–H and O–H groups in total. The molecule has 1 aromatic carbocycles. The lowest BCUT2D eigenvalue weighted by atomic mass is 10.1. The van der Waals surface area contributed by atoms with E-state index in [0.717, 1.165) is 34.5 Å². The minimum atomic E-state index is 0.741. The monoisotopic (exact) mass is 319 g/mol. The Morgan fingerprint density at radius 1 is 1.26 bits per heavy atom. The van der Waals surface area contributed by atoms with E-state index in [1.165, 1.54) is 5.56 Å². The van der Waals surface area contributed by atoms with Crippen molar-refractivity contribution in [3.05, 3.63) is 52.1 Å². The summed E-state index contributed by atoms with van der Waals surface area (Å²) in [5.41, 5.74) is 8.91. The summed E-state index contributed by atoms with van der Waals surface area (Å²) in [4.78, 5) is 6.51. The molecule has 0 saturated carbocycles. The van der Waals surface area contributed by atoms with Gasteiger partial charge in [0.25, 0.3) is 0 Å². The minimum Gasteiger partial charge on any atom is -0.397 e. The molecule has 0 fully saturated rings. The third-order valence-electron chi connectivity index (χ3n) is 3.18. The van der Waals surface area contributed by atoms with Crippen LogP contribution in [-0.4, -0.2) is 18.6 Å². The Balaban J connectivity index is 1.98. The Morgan fingerprint density at radius 2 is 1.95 bits per heavy atom. The molecule has 0 radical (unpaired) electrons. The number of rotatable bonds is 4. The molecule has 2 aromatic rings. The molecule has 2 rings (SSSR count). The average Bonchev–Trinajstić information content (AvgIpc) is 2.41. The van der Waals surface area contributed by atoms with Gasteiger partial charge in [0.05, 0.1) is 11.9 Å². The third-order valence-corrected chi connectivity index (χ3v) is 3.71. The first kappa shape index (κ1) is 13.9. The van der Waals surface area contributed by atoms with Crippen LogP contribution in [0, 0.1) is 6.92 Å². The van der Waals surface area contributed by atoms with Crippen LogP contribution in [-0.2, 0) is 6.42 Å². The maximum atomic E-state index is 5.78. The summed E-state index contributed by atoms with van der Waals surface area (Å²) in [5, 5.41) is 0. The quantitative estimate of drug-likeness (QED) is 0.939. The summed E-state index contributed by atoms with van der Waals surface area (Å²) in [6, 6.07) is 10.4. The average molecular weight is 320 g/mol. The predicted octanol–water partition coefficient (Wildman–Crippen LogP) is 3.41. The number of hydrogen-bond donors (Lipinski definition) is 1. The number of halogens is 1. The first-order valence-electron chi connectivity index (χ1n) is 6.24. The largest absolute Gasteiger partial charge is 0.397 e. The van der Waals surface area contributed by atoms with Crippen LogP contribution in [0.4, 0.5) is 11.5 Å². The van der Waals surface area contributed by atoms with Crippen LogP contribution in [0.5, 0.6) is 0 Å². The summed E-state index contributed by atoms with van der Waals surface area (Å²) in [6.07, 6.45) is 2.72. The van der Waals surface area contributed by atoms with Gasteiger partial charge in [-0.1, -0.05) is 28.1 Å². The molecule has 3 nitrogen and oxygen atoms in total. The van der Waals surface area contributed by atoms with Gasteiger partial charge in [0.15, 0.2) is 0 Å². The van der Waals surface area contributed by atoms with Crippen LogP contribution in [0.25, 0.3) is 0 Å². The number of nitrogen functional groups attached to an aromatic ring is 1. The van der Waals surface area contributed by atoms with Gasteiger partial charge in [-0.05, 0) is 42.7 Å². The molecule has 1 heterocycles. The normalized spacial score (nSPS) is 10.5. The van der Waals surface area contributed by atoms with E-state index in [1.807, 2.05) is 13.0 Å². The van der Waals surface area contributed by atoms with Crippen molar-refractivity contribution in [3.63, 3.8) is 0 Å². The second-order valence-electron chi connectivity index (χ2n) is 4.70. The Hall–Kier alpha value is -1.55. The second kappa shape index (κ2) is 6.06. The molecule has 0 aliphatic heterocycles. The van der Waals surface area contributed by atoms with Crippen LogP contribution < -0.4 is 10.6 Å². The highest BCUT2D eigenvalue weighted by Crippen LogP contribution is 2.17. The van der Waals surface area contributed by atoms with Crippen molar-refractivity contribution in [2.45, 2.75) is 13.3 Å². The Bertz CT molecular complexity index is 552. The van der Waals surface area contributed by atoms with Crippen LogP contribution in [0.2, 0.25) is 0 Å². The summed E-state index contributed by atoms with van der Waals surface area (Å²) >= 11 is 3.44. The van der Waals surface area contributed by atoms with Crippen molar-refractivity contribution in [3.8, 4) is 0 Å². The van der Waals surface area contributed by atoms with E-state index in [9.17, 15) is 0 Å². The fourth-order valence-corrected chi connectivity index (χ4v) is 2.09. The van der Waals surface area contributed by atoms with Gasteiger partial charge in [-0.15, -0.1) is 0 Å². The van der Waals surface area contributed by atoms with Gasteiger partial charge in [0, 0.05) is 18.1 Å². The number of nitrogens with zero attached hydrogens (tertiary/aromatic N) is 2. The standard InChI is InChI=1S/C15H18BrN3/c1-11-9-15(18-10-14(11)17)19(2)8-7-12-3-5-13(16)6-4-12/h3-6,9-10H,7-8,17H2,1-2H3. The van der Waals surface area contributed by atoms with E-state index in [-0.39, 0.29) is 0 Å². The summed E-state index contributed by atoms with van der Waals surface area (Å²) in [5.74, 6) is 0.962. The van der Waals surface area contributed by atoms with Crippen molar-refractivity contribution in [2.24, 2.45) is 0 Å². The molecule has 0 aliphatic carbocycles. The molecule has 0 spiro atoms. The molecular formula is C15H18BrN3. The zero-order valence-electron chi connectivity index (χ0n) is 11.2. The third kappa shape index (κ3) is 3.70. The number of likely N-dealkylation sites (N-methyl/N-ethyl adjacent to an activating group) is 1. The molecular weight excluding hydrogens is 302 g/mol. The molecule has 1 aromatic heterocycles. The highest BCUT2D eigenvalue weighted by molar-refractivity contribution is 9.10. The highest BCUT2D eigenvalue weighted by Gasteiger charge is 2.04. The Morgan fingerprint density at radius 3 is 2.58 bits per heavy atom. The first-order chi connectivity index (χ1) is 9.06. The fourth-order valence-electron chi connectivity index (χ4n) is 1.82. The van der Waals surface area contributed by atoms with Crippen molar-refractivity contribution in [1.29, 1.82) is 0 Å². The summed E-state index contributed by atoms with van der Waals surface area (Å²) < 4.78 is 1.11. The molecule has 0 amide bonds. The smallest absolute Gasteiger partial charge is 0.128 e. The van der Waals surface area contributed by atoms with Crippen molar-refractivity contribution in [1.82, 2.24) is 4.98 Å². The highest BCUT2D eigenvalue weighted by atomic mass is 79.9. The number of anilines is 2. The van der Waals surface area contributed by atoms with Crippen LogP contribution >= 0.6 is 15.9 Å². The van der Waals surface area contributed by atoms with Gasteiger partial charge in [-0.25, -0.2) is 4.98 Å². The maximum Gasteiger partial charge on any atom is 0.128 e. The second-order valence-corrected chi connectivity index (χ2v) is 5.61. The van der Waals surface area contributed by atoms with Gasteiger partial charge in [0.1, 0.15) is 5.82 Å². The molecule has 0 saturated heterocycles. The van der Waals surface area contributed by atoms with E-state index in [4.69, 9.17) is 5.73 Å². The van der Waals surface area contributed by atoms with Gasteiger partial charge in [-0.3, -0.25) is 0 Å². The summed E-state index contributed by atoms with van der Waals surface area (Å²) in [6.45, 7) is 2.93. The molecule has 0 aliphatic rings. The SMILES string of the molecule is Cc1cc(N(C)CCc2ccc(Br)cc2)ncc1N. The molecule has 4 heteroatoms. The number of nitrogens with two attached hydrogens (primary N) is 1. The maximum absolute atomic E-state index is 5.78. The van der Waals surface area contributed by atoms with Crippen molar-refractivity contribution >= 4 is 27.4 Å². The predicted molar refractivity (Wildman–Crippen MR) is 84.5 cm³/mol. The van der Waals surface area contributed by atoms with E-state index >= 15 is 0 Å². The lowest BCUT2D eigenvalue weighted by Gasteiger charge is -2.19. The van der Waals surface area contributed by atoms with E-state index in [2.05, 4.69) is 57.1 Å². The van der Waals surface area contributed by atoms with Gasteiger partial charge >= 0.3 is 0 Å². The van der Waals surface area contributed by atoms with Crippen LogP contribution in [0.1, 0.15) is 11.1 Å². The van der Waals surface area contributed by atoms with E-state index in [0.29, 0.717) is 0 Å². The van der Waals surface area contributed by atoms with Crippen molar-refractivity contribution in [2.75, 3.05) is 24.2 Å². The number of benzene rings is 1. The minimum absolute atomic E-state index is 0.741. The lowest BCUT2D eigenvalue weighted by molar-refractivity contribution is 0.859. The number of pyridine rings is 1. The zero-order valence-corrected chi connectivity index (χ0v) is 12.8. The topological polar surface area (TPSA) is 42.2 Å². The number of aromatic nitrogens is 1. The summed E-state index contributed by atoms with van der Waals surface area (Å²) in [7, 11) is 2.05. The number of aryl methyl sites for hydroxylation is 1. The van der Waals surface area contributed by atoms with Crippen LogP contribution in [0.15, 0.2) is 41.0 Å². The van der Waals surface area contributed by atoms with E-state index < -0.39 is 0 Å². The number of hydrogen-bond acceptors (Lipinski definition) is 3. The van der Waals surface area contributed by atoms with Gasteiger partial charge < -0.3 is 10.6 Å². The van der Waals surface area contributed by atoms with E-state index in [1.54, 1.807) is 6.20 Å². The van der Waals surface area contributed by atoms with Crippen molar-refractivity contribution < 1.29 is 0 Å². The Kier molecular flexibility index (Phi) is 4.43. The Labute approximate surface area is 122 Å².